The van der Waals surface area contributed by atoms with Gasteiger partial charge in [-0.2, -0.15) is 0 Å². The van der Waals surface area contributed by atoms with Gasteiger partial charge < -0.3 is 9.05 Å². The lowest BCUT2D eigenvalue weighted by Crippen LogP contribution is -2.08. The van der Waals surface area contributed by atoms with Crippen LogP contribution < -0.4 is 9.05 Å². The van der Waals surface area contributed by atoms with E-state index < -0.39 is 7.82 Å². The molecule has 0 spiro atoms. The van der Waals surface area contributed by atoms with Gasteiger partial charge >= 0.3 is 7.82 Å². The Kier molecular flexibility index (Phi) is 5.51. The monoisotopic (exact) mass is 334 g/mol. The lowest BCUT2D eigenvalue weighted by molar-refractivity contribution is 0.218. The Balaban J connectivity index is 2.38. The van der Waals surface area contributed by atoms with Gasteiger partial charge in [-0.05, 0) is 56.9 Å². The summed E-state index contributed by atoms with van der Waals surface area (Å²) in [5.74, 6) is 1.08. The molecule has 0 atom stereocenters. The van der Waals surface area contributed by atoms with Crippen molar-refractivity contribution >= 4 is 7.82 Å². The SMILES string of the molecule is CCOP(=O)(Oc1c(C)cccc1C)Oc1c(C)cccc1C. The lowest BCUT2D eigenvalue weighted by Gasteiger charge is -2.22. The van der Waals surface area contributed by atoms with Crippen molar-refractivity contribution in [2.75, 3.05) is 6.61 Å². The van der Waals surface area contributed by atoms with Crippen LogP contribution in [-0.2, 0) is 9.09 Å². The average molecular weight is 334 g/mol. The zero-order chi connectivity index (χ0) is 17.0. The maximum absolute atomic E-state index is 13.1. The highest BCUT2D eigenvalue weighted by Crippen LogP contribution is 2.52. The zero-order valence-electron chi connectivity index (χ0n) is 14.3. The van der Waals surface area contributed by atoms with E-state index in [1.807, 2.05) is 64.1 Å². The summed E-state index contributed by atoms with van der Waals surface area (Å²) in [7, 11) is -3.77. The van der Waals surface area contributed by atoms with Crippen molar-refractivity contribution in [1.29, 1.82) is 0 Å². The number of phosphoric acid groups is 1. The average Bonchev–Trinajstić information content (AvgIpc) is 2.48. The Hall–Kier alpha value is -1.77. The van der Waals surface area contributed by atoms with E-state index in [0.717, 1.165) is 22.3 Å². The van der Waals surface area contributed by atoms with Crippen LogP contribution in [0, 0.1) is 27.7 Å². The Morgan fingerprint density at radius 3 is 1.43 bits per heavy atom. The molecule has 4 nitrogen and oxygen atoms in total. The van der Waals surface area contributed by atoms with Gasteiger partial charge in [0.05, 0.1) is 6.61 Å². The number of hydrogen-bond donors (Lipinski definition) is 0. The quantitative estimate of drug-likeness (QED) is 0.652. The minimum Gasteiger partial charge on any atom is -0.395 e. The van der Waals surface area contributed by atoms with Crippen molar-refractivity contribution in [3.8, 4) is 11.5 Å². The summed E-state index contributed by atoms with van der Waals surface area (Å²) in [5.41, 5.74) is 3.54. The van der Waals surface area contributed by atoms with Crippen LogP contribution >= 0.6 is 7.82 Å². The first-order valence-corrected chi connectivity index (χ1v) is 9.08. The molecule has 2 aromatic carbocycles. The first-order valence-electron chi connectivity index (χ1n) is 7.62. The fraction of sp³-hybridized carbons (Fsp3) is 0.333. The maximum atomic E-state index is 13.1. The van der Waals surface area contributed by atoms with E-state index in [4.69, 9.17) is 13.6 Å². The van der Waals surface area contributed by atoms with Gasteiger partial charge in [-0.3, -0.25) is 4.52 Å². The molecule has 2 rings (SSSR count). The van der Waals surface area contributed by atoms with Crippen molar-refractivity contribution < 1.29 is 18.1 Å². The normalized spacial score (nSPS) is 11.3. The molecule has 2 aromatic rings. The number of benzene rings is 2. The van der Waals surface area contributed by atoms with E-state index in [0.29, 0.717) is 11.5 Å². The smallest absolute Gasteiger partial charge is 0.395 e. The van der Waals surface area contributed by atoms with E-state index in [1.54, 1.807) is 6.92 Å². The minimum absolute atomic E-state index is 0.229. The largest absolute Gasteiger partial charge is 0.587 e. The van der Waals surface area contributed by atoms with Crippen LogP contribution in [0.2, 0.25) is 0 Å². The molecule has 0 fully saturated rings. The second kappa shape index (κ2) is 7.20. The first-order chi connectivity index (χ1) is 10.9. The number of phosphoric ester groups is 1. The summed E-state index contributed by atoms with van der Waals surface area (Å²) in [5, 5.41) is 0. The van der Waals surface area contributed by atoms with E-state index in [2.05, 4.69) is 0 Å². The van der Waals surface area contributed by atoms with Gasteiger partial charge in [-0.1, -0.05) is 36.4 Å². The second-order valence-electron chi connectivity index (χ2n) is 5.49. The summed E-state index contributed by atoms with van der Waals surface area (Å²) in [6, 6.07) is 11.5. The van der Waals surface area contributed by atoms with Crippen molar-refractivity contribution in [2.24, 2.45) is 0 Å². The molecule has 0 saturated heterocycles. The van der Waals surface area contributed by atoms with Gasteiger partial charge in [0.2, 0.25) is 0 Å². The molecule has 0 radical (unpaired) electrons. The molecule has 0 aliphatic rings. The molecule has 0 aromatic heterocycles. The standard InChI is InChI=1S/C18H23O4P/c1-6-20-23(19,21-17-13(2)9-7-10-14(17)3)22-18-15(4)11-8-12-16(18)5/h7-12H,6H2,1-5H3. The molecule has 0 unspecified atom stereocenters. The highest BCUT2D eigenvalue weighted by Gasteiger charge is 2.32. The summed E-state index contributed by atoms with van der Waals surface area (Å²) >= 11 is 0. The third-order valence-electron chi connectivity index (χ3n) is 3.51. The lowest BCUT2D eigenvalue weighted by atomic mass is 10.1. The van der Waals surface area contributed by atoms with Crippen LogP contribution in [0.15, 0.2) is 36.4 Å². The minimum atomic E-state index is -3.77. The van der Waals surface area contributed by atoms with Crippen LogP contribution in [0.1, 0.15) is 29.2 Å². The molecule has 124 valence electrons. The predicted molar refractivity (Wildman–Crippen MR) is 92.3 cm³/mol. The van der Waals surface area contributed by atoms with Gasteiger partial charge in [-0.15, -0.1) is 0 Å². The molecule has 0 aliphatic carbocycles. The van der Waals surface area contributed by atoms with Crippen LogP contribution in [0.5, 0.6) is 11.5 Å². The summed E-state index contributed by atoms with van der Waals surface area (Å²) in [4.78, 5) is 0. The zero-order valence-corrected chi connectivity index (χ0v) is 15.1. The number of rotatable bonds is 6. The predicted octanol–water partition coefficient (Wildman–Crippen LogP) is 5.52. The van der Waals surface area contributed by atoms with E-state index in [9.17, 15) is 4.57 Å². The van der Waals surface area contributed by atoms with Gasteiger partial charge in [0.25, 0.3) is 0 Å². The van der Waals surface area contributed by atoms with Crippen molar-refractivity contribution in [1.82, 2.24) is 0 Å². The molecule has 5 heteroatoms. The molecule has 0 heterocycles. The van der Waals surface area contributed by atoms with Crippen molar-refractivity contribution in [2.45, 2.75) is 34.6 Å². The van der Waals surface area contributed by atoms with Crippen LogP contribution in [0.4, 0.5) is 0 Å². The fourth-order valence-corrected chi connectivity index (χ4v) is 3.82. The maximum Gasteiger partial charge on any atom is 0.587 e. The summed E-state index contributed by atoms with van der Waals surface area (Å²) in [6.45, 7) is 9.59. The fourth-order valence-electron chi connectivity index (χ4n) is 2.34. The molecule has 0 amide bonds. The molecule has 0 aliphatic heterocycles. The number of aryl methyl sites for hydroxylation is 4. The van der Waals surface area contributed by atoms with Gasteiger partial charge in [0.15, 0.2) is 0 Å². The highest BCUT2D eigenvalue weighted by molar-refractivity contribution is 7.49. The van der Waals surface area contributed by atoms with Crippen LogP contribution in [0.25, 0.3) is 0 Å². The van der Waals surface area contributed by atoms with E-state index in [-0.39, 0.29) is 6.61 Å². The summed E-state index contributed by atoms with van der Waals surface area (Å²) < 4.78 is 29.9. The second-order valence-corrected chi connectivity index (χ2v) is 7.01. The number of para-hydroxylation sites is 2. The number of hydrogen-bond acceptors (Lipinski definition) is 4. The summed E-state index contributed by atoms with van der Waals surface area (Å²) in [6.07, 6.45) is 0. The molecule has 23 heavy (non-hydrogen) atoms. The molecule has 0 N–H and O–H groups in total. The van der Waals surface area contributed by atoms with Gasteiger partial charge in [-0.25, -0.2) is 4.57 Å². The third kappa shape index (κ3) is 4.15. The Bertz CT molecular complexity index is 642. The molecular weight excluding hydrogens is 311 g/mol. The van der Waals surface area contributed by atoms with E-state index in [1.165, 1.54) is 0 Å². The Morgan fingerprint density at radius 1 is 0.783 bits per heavy atom. The van der Waals surface area contributed by atoms with Crippen molar-refractivity contribution in [3.05, 3.63) is 58.7 Å². The Morgan fingerprint density at radius 2 is 1.13 bits per heavy atom. The molecule has 0 bridgehead atoms. The molecular formula is C18H23O4P. The topological polar surface area (TPSA) is 44.8 Å². The Labute approximate surface area is 138 Å². The molecule has 0 saturated carbocycles. The highest BCUT2D eigenvalue weighted by atomic mass is 31.2. The van der Waals surface area contributed by atoms with Gasteiger partial charge in [0, 0.05) is 0 Å². The first kappa shape index (κ1) is 17.6. The third-order valence-corrected chi connectivity index (χ3v) is 4.90. The van der Waals surface area contributed by atoms with E-state index >= 15 is 0 Å². The van der Waals surface area contributed by atoms with Crippen LogP contribution in [0.3, 0.4) is 0 Å². The van der Waals surface area contributed by atoms with Gasteiger partial charge in [0.1, 0.15) is 11.5 Å². The van der Waals surface area contributed by atoms with Crippen LogP contribution in [-0.4, -0.2) is 6.61 Å². The van der Waals surface area contributed by atoms with Crippen molar-refractivity contribution in [3.63, 3.8) is 0 Å².